The van der Waals surface area contributed by atoms with Crippen molar-refractivity contribution in [2.45, 2.75) is 50.8 Å². The van der Waals surface area contributed by atoms with E-state index in [2.05, 4.69) is 0 Å². The van der Waals surface area contributed by atoms with Crippen LogP contribution in [-0.4, -0.2) is 29.0 Å². The maximum atomic E-state index is 12.9. The highest BCUT2D eigenvalue weighted by molar-refractivity contribution is 5.84. The first kappa shape index (κ1) is 19.0. The Morgan fingerprint density at radius 1 is 0.963 bits per heavy atom. The van der Waals surface area contributed by atoms with Crippen LogP contribution in [0.1, 0.15) is 36.8 Å². The number of hydrogen-bond donors (Lipinski definition) is 1. The molecule has 0 radical (unpaired) electrons. The fraction of sp³-hybridized carbons (Fsp3) is 0.364. The minimum Gasteiger partial charge on any atom is -0.445 e. The molecule has 1 unspecified atom stereocenters. The second-order valence-electron chi connectivity index (χ2n) is 6.99. The van der Waals surface area contributed by atoms with Gasteiger partial charge in [-0.2, -0.15) is 0 Å². The summed E-state index contributed by atoms with van der Waals surface area (Å²) in [5.74, 6) is -0.498. The van der Waals surface area contributed by atoms with Gasteiger partial charge in [-0.15, -0.1) is 0 Å². The lowest BCUT2D eigenvalue weighted by atomic mass is 10.0. The lowest BCUT2D eigenvalue weighted by Gasteiger charge is -2.34. The fourth-order valence-corrected chi connectivity index (χ4v) is 3.68. The Hall–Kier alpha value is -2.82. The molecule has 1 saturated carbocycles. The van der Waals surface area contributed by atoms with E-state index in [-0.39, 0.29) is 12.6 Å². The van der Waals surface area contributed by atoms with Crippen LogP contribution in [0.2, 0.25) is 0 Å². The van der Waals surface area contributed by atoms with Crippen molar-refractivity contribution in [3.8, 4) is 0 Å². The van der Waals surface area contributed by atoms with Crippen LogP contribution in [0, 0.1) is 0 Å². The third-order valence-electron chi connectivity index (χ3n) is 5.07. The molecule has 27 heavy (non-hydrogen) atoms. The molecule has 0 aliphatic heterocycles. The molecule has 2 aromatic rings. The summed E-state index contributed by atoms with van der Waals surface area (Å²) < 4.78 is 5.55. The molecular formula is C22H26N2O3. The monoisotopic (exact) mass is 366 g/mol. The molecule has 0 heterocycles. The van der Waals surface area contributed by atoms with Crippen molar-refractivity contribution in [1.82, 2.24) is 4.90 Å². The van der Waals surface area contributed by atoms with Crippen molar-refractivity contribution in [1.29, 1.82) is 0 Å². The number of ether oxygens (including phenoxy) is 1. The Morgan fingerprint density at radius 2 is 1.52 bits per heavy atom. The number of hydrogen-bond acceptors (Lipinski definition) is 3. The van der Waals surface area contributed by atoms with Crippen molar-refractivity contribution in [2.24, 2.45) is 5.73 Å². The van der Waals surface area contributed by atoms with Crippen LogP contribution in [0.3, 0.4) is 0 Å². The molecule has 2 amide bonds. The van der Waals surface area contributed by atoms with Crippen LogP contribution in [0.25, 0.3) is 0 Å². The molecule has 5 heteroatoms. The largest absolute Gasteiger partial charge is 0.445 e. The third kappa shape index (κ3) is 5.09. The molecule has 0 aromatic heterocycles. The first-order valence-electron chi connectivity index (χ1n) is 9.47. The minimum atomic E-state index is -0.709. The van der Waals surface area contributed by atoms with Gasteiger partial charge in [0.05, 0.1) is 0 Å². The van der Waals surface area contributed by atoms with Gasteiger partial charge in [-0.1, -0.05) is 73.5 Å². The van der Waals surface area contributed by atoms with Crippen LogP contribution in [0.15, 0.2) is 60.7 Å². The molecule has 1 fully saturated rings. The van der Waals surface area contributed by atoms with Crippen molar-refractivity contribution < 1.29 is 14.3 Å². The number of carbonyl (C=O) groups excluding carboxylic acids is 2. The summed E-state index contributed by atoms with van der Waals surface area (Å²) in [5, 5.41) is 0. The highest BCUT2D eigenvalue weighted by Crippen LogP contribution is 2.27. The summed E-state index contributed by atoms with van der Waals surface area (Å²) in [7, 11) is 0. The van der Waals surface area contributed by atoms with E-state index < -0.39 is 18.0 Å². The van der Waals surface area contributed by atoms with Crippen LogP contribution >= 0.6 is 0 Å². The number of benzene rings is 2. The molecule has 0 bridgehead atoms. The summed E-state index contributed by atoms with van der Waals surface area (Å²) in [4.78, 5) is 26.8. The molecule has 3 rings (SSSR count). The summed E-state index contributed by atoms with van der Waals surface area (Å²) in [6.45, 7) is 0.180. The predicted molar refractivity (Wildman–Crippen MR) is 104 cm³/mol. The number of primary amides is 1. The van der Waals surface area contributed by atoms with Crippen LogP contribution in [0.4, 0.5) is 4.79 Å². The van der Waals surface area contributed by atoms with Crippen LogP contribution in [0.5, 0.6) is 0 Å². The maximum Gasteiger partial charge on any atom is 0.411 e. The van der Waals surface area contributed by atoms with E-state index >= 15 is 0 Å². The average molecular weight is 366 g/mol. The highest BCUT2D eigenvalue weighted by Gasteiger charge is 2.36. The smallest absolute Gasteiger partial charge is 0.411 e. The number of nitrogens with zero attached hydrogens (tertiary/aromatic N) is 1. The van der Waals surface area contributed by atoms with Crippen molar-refractivity contribution in [3.05, 3.63) is 71.8 Å². The van der Waals surface area contributed by atoms with Crippen molar-refractivity contribution >= 4 is 12.0 Å². The normalized spacial score (nSPS) is 15.3. The van der Waals surface area contributed by atoms with Crippen molar-refractivity contribution in [2.75, 3.05) is 0 Å². The summed E-state index contributed by atoms with van der Waals surface area (Å²) in [5.41, 5.74) is 7.59. The zero-order chi connectivity index (χ0) is 19.1. The SMILES string of the molecule is NC(=O)C(Cc1ccccc1)N(C(=O)OCc1ccccc1)C1CCCC1. The van der Waals surface area contributed by atoms with E-state index in [4.69, 9.17) is 10.5 Å². The van der Waals surface area contributed by atoms with E-state index in [1.165, 1.54) is 0 Å². The number of carbonyl (C=O) groups is 2. The van der Waals surface area contributed by atoms with Gasteiger partial charge in [0.25, 0.3) is 0 Å². The highest BCUT2D eigenvalue weighted by atomic mass is 16.6. The van der Waals surface area contributed by atoms with E-state index in [9.17, 15) is 9.59 Å². The maximum absolute atomic E-state index is 12.9. The van der Waals surface area contributed by atoms with Crippen molar-refractivity contribution in [3.63, 3.8) is 0 Å². The first-order valence-corrected chi connectivity index (χ1v) is 9.47. The number of nitrogens with two attached hydrogens (primary N) is 1. The molecule has 142 valence electrons. The van der Waals surface area contributed by atoms with Gasteiger partial charge in [0.15, 0.2) is 0 Å². The van der Waals surface area contributed by atoms with Crippen LogP contribution < -0.4 is 5.73 Å². The molecule has 1 aliphatic rings. The summed E-state index contributed by atoms with van der Waals surface area (Å²) >= 11 is 0. The molecule has 1 aliphatic carbocycles. The van der Waals surface area contributed by atoms with Gasteiger partial charge >= 0.3 is 6.09 Å². The van der Waals surface area contributed by atoms with E-state index in [1.54, 1.807) is 4.90 Å². The Labute approximate surface area is 160 Å². The standard InChI is InChI=1S/C22H26N2O3/c23-21(25)20(15-17-9-3-1-4-10-17)24(19-13-7-8-14-19)22(26)27-16-18-11-5-2-6-12-18/h1-6,9-12,19-20H,7-8,13-16H2,(H2,23,25). The Balaban J connectivity index is 1.77. The lowest BCUT2D eigenvalue weighted by molar-refractivity contribution is -0.123. The Morgan fingerprint density at radius 3 is 2.07 bits per heavy atom. The summed E-state index contributed by atoms with van der Waals surface area (Å²) in [6, 6.07) is 18.5. The Kier molecular flexibility index (Phi) is 6.47. The van der Waals surface area contributed by atoms with E-state index in [1.807, 2.05) is 60.7 Å². The zero-order valence-corrected chi connectivity index (χ0v) is 15.4. The minimum absolute atomic E-state index is 0.00511. The second-order valence-corrected chi connectivity index (χ2v) is 6.99. The first-order chi connectivity index (χ1) is 13.1. The van der Waals surface area contributed by atoms with Gasteiger partial charge in [-0.25, -0.2) is 4.79 Å². The quantitative estimate of drug-likeness (QED) is 0.813. The molecular weight excluding hydrogens is 340 g/mol. The molecule has 0 saturated heterocycles. The second kappa shape index (κ2) is 9.21. The Bertz CT molecular complexity index is 743. The van der Waals surface area contributed by atoms with Gasteiger partial charge in [0.1, 0.15) is 12.6 Å². The van der Waals surface area contributed by atoms with Gasteiger partial charge in [0.2, 0.25) is 5.91 Å². The third-order valence-corrected chi connectivity index (χ3v) is 5.07. The van der Waals surface area contributed by atoms with Gasteiger partial charge in [-0.3, -0.25) is 9.69 Å². The van der Waals surface area contributed by atoms with E-state index in [0.717, 1.165) is 36.8 Å². The number of rotatable bonds is 7. The lowest BCUT2D eigenvalue weighted by Crippen LogP contribution is -2.53. The molecule has 1 atom stereocenters. The van der Waals surface area contributed by atoms with Gasteiger partial charge in [0, 0.05) is 12.5 Å². The molecule has 5 nitrogen and oxygen atoms in total. The molecule has 2 N–H and O–H groups in total. The van der Waals surface area contributed by atoms with Gasteiger partial charge in [-0.05, 0) is 24.0 Å². The molecule has 0 spiro atoms. The summed E-state index contributed by atoms with van der Waals surface area (Å²) in [6.07, 6.45) is 3.77. The van der Waals surface area contributed by atoms with E-state index in [0.29, 0.717) is 6.42 Å². The predicted octanol–water partition coefficient (Wildman–Crippen LogP) is 3.66. The average Bonchev–Trinajstić information content (AvgIpc) is 3.21. The molecule has 2 aromatic carbocycles. The zero-order valence-electron chi connectivity index (χ0n) is 15.4. The fourth-order valence-electron chi connectivity index (χ4n) is 3.68. The van der Waals surface area contributed by atoms with Gasteiger partial charge < -0.3 is 10.5 Å². The number of amides is 2. The topological polar surface area (TPSA) is 72.6 Å². The van der Waals surface area contributed by atoms with Crippen LogP contribution in [-0.2, 0) is 22.6 Å².